The molecular weight excluding hydrogens is 506 g/mol. The summed E-state index contributed by atoms with van der Waals surface area (Å²) in [7, 11) is 0. The fraction of sp³-hybridized carbons (Fsp3) is 0.878. The van der Waals surface area contributed by atoms with Crippen molar-refractivity contribution < 1.29 is 0 Å². The maximum Gasteiger partial charge on any atom is 0.0302 e. The van der Waals surface area contributed by atoms with Gasteiger partial charge in [-0.05, 0) is 42.9 Å². The van der Waals surface area contributed by atoms with E-state index in [1.165, 1.54) is 224 Å². The van der Waals surface area contributed by atoms with Gasteiger partial charge in [-0.25, -0.2) is 0 Å². The summed E-state index contributed by atoms with van der Waals surface area (Å²) in [6.07, 6.45) is 52.8. The van der Waals surface area contributed by atoms with Crippen molar-refractivity contribution in [1.29, 1.82) is 0 Å². The van der Waals surface area contributed by atoms with Gasteiger partial charge >= 0.3 is 0 Å². The molecule has 1 aromatic heterocycles. The van der Waals surface area contributed by atoms with Gasteiger partial charge in [0.15, 0.2) is 0 Å². The molecule has 0 unspecified atom stereocenters. The zero-order valence-corrected chi connectivity index (χ0v) is 29.2. The molecule has 246 valence electrons. The van der Waals surface area contributed by atoms with Gasteiger partial charge in [0.25, 0.3) is 0 Å². The van der Waals surface area contributed by atoms with E-state index in [2.05, 4.69) is 31.1 Å². The first-order valence-corrected chi connectivity index (χ1v) is 19.8. The number of hydrogen-bond donors (Lipinski definition) is 0. The van der Waals surface area contributed by atoms with Crippen LogP contribution in [-0.4, -0.2) is 4.98 Å². The Labute approximate surface area is 266 Å². The van der Waals surface area contributed by atoms with Crippen LogP contribution in [0.3, 0.4) is 0 Å². The second-order valence-corrected chi connectivity index (χ2v) is 13.8. The normalized spacial score (nSPS) is 11.5. The third-order valence-electron chi connectivity index (χ3n) is 9.60. The van der Waals surface area contributed by atoms with Gasteiger partial charge in [-0.2, -0.15) is 0 Å². The number of unbranched alkanes of at least 4 members (excludes halogenated alkanes) is 30. The van der Waals surface area contributed by atoms with Crippen molar-refractivity contribution in [3.8, 4) is 0 Å². The van der Waals surface area contributed by atoms with Gasteiger partial charge in [0.2, 0.25) is 0 Å². The molecular formula is C41H77N. The van der Waals surface area contributed by atoms with E-state index in [0.29, 0.717) is 0 Å². The summed E-state index contributed by atoms with van der Waals surface area (Å²) >= 11 is 0. The fourth-order valence-corrected chi connectivity index (χ4v) is 6.65. The van der Waals surface area contributed by atoms with Gasteiger partial charge in [0, 0.05) is 12.4 Å². The summed E-state index contributed by atoms with van der Waals surface area (Å²) in [4.78, 5) is 4.46. The quantitative estimate of drug-likeness (QED) is 0.0735. The number of aryl methyl sites for hydroxylation is 2. The van der Waals surface area contributed by atoms with E-state index in [9.17, 15) is 0 Å². The Hall–Kier alpha value is -0.850. The number of rotatable bonds is 34. The molecule has 0 aliphatic carbocycles. The highest BCUT2D eigenvalue weighted by Crippen LogP contribution is 2.18. The molecule has 1 rings (SSSR count). The van der Waals surface area contributed by atoms with E-state index < -0.39 is 0 Å². The average molecular weight is 584 g/mol. The van der Waals surface area contributed by atoms with Crippen molar-refractivity contribution in [2.45, 2.75) is 232 Å². The average Bonchev–Trinajstić information content (AvgIpc) is 3.01. The lowest BCUT2D eigenvalue weighted by atomic mass is 9.98. The molecule has 42 heavy (non-hydrogen) atoms. The largest absolute Gasteiger partial charge is 0.264 e. The SMILES string of the molecule is CCCCCCCCCCCCCCCCCCc1ccncc1CCCCCCCCCCCCCCCCCC. The molecule has 1 nitrogen and oxygen atoms in total. The summed E-state index contributed by atoms with van der Waals surface area (Å²) in [6, 6.07) is 2.30. The number of aromatic nitrogens is 1. The summed E-state index contributed by atoms with van der Waals surface area (Å²) < 4.78 is 0. The van der Waals surface area contributed by atoms with Crippen LogP contribution in [0.4, 0.5) is 0 Å². The molecule has 0 radical (unpaired) electrons. The summed E-state index contributed by atoms with van der Waals surface area (Å²) in [5, 5.41) is 0. The Bertz CT molecular complexity index is 582. The minimum atomic E-state index is 1.24. The van der Waals surface area contributed by atoms with E-state index in [-0.39, 0.29) is 0 Å². The fourth-order valence-electron chi connectivity index (χ4n) is 6.65. The highest BCUT2D eigenvalue weighted by molar-refractivity contribution is 5.23. The number of hydrogen-bond acceptors (Lipinski definition) is 1. The van der Waals surface area contributed by atoms with Crippen molar-refractivity contribution in [2.75, 3.05) is 0 Å². The minimum absolute atomic E-state index is 1.24. The van der Waals surface area contributed by atoms with Gasteiger partial charge in [-0.1, -0.05) is 206 Å². The number of pyridine rings is 1. The summed E-state index contributed by atoms with van der Waals surface area (Å²) in [6.45, 7) is 4.61. The first kappa shape index (κ1) is 39.2. The van der Waals surface area contributed by atoms with Crippen LogP contribution in [0.2, 0.25) is 0 Å². The van der Waals surface area contributed by atoms with Crippen molar-refractivity contribution in [3.63, 3.8) is 0 Å². The Balaban J connectivity index is 1.88. The van der Waals surface area contributed by atoms with Crippen molar-refractivity contribution >= 4 is 0 Å². The molecule has 0 bridgehead atoms. The van der Waals surface area contributed by atoms with E-state index in [1.54, 1.807) is 5.56 Å². The maximum atomic E-state index is 4.46. The second-order valence-electron chi connectivity index (χ2n) is 13.8. The summed E-state index contributed by atoms with van der Waals surface area (Å²) in [5.74, 6) is 0. The topological polar surface area (TPSA) is 12.9 Å². The Morgan fingerprint density at radius 3 is 0.905 bits per heavy atom. The number of nitrogens with zero attached hydrogens (tertiary/aromatic N) is 1. The van der Waals surface area contributed by atoms with Crippen LogP contribution in [-0.2, 0) is 12.8 Å². The van der Waals surface area contributed by atoms with Gasteiger partial charge in [0.05, 0.1) is 0 Å². The van der Waals surface area contributed by atoms with Crippen LogP contribution in [0.25, 0.3) is 0 Å². The van der Waals surface area contributed by atoms with E-state index >= 15 is 0 Å². The first-order chi connectivity index (χ1) is 20.9. The first-order valence-electron chi connectivity index (χ1n) is 19.8. The Morgan fingerprint density at radius 2 is 0.595 bits per heavy atom. The van der Waals surface area contributed by atoms with Crippen molar-refractivity contribution in [1.82, 2.24) is 4.98 Å². The monoisotopic (exact) mass is 584 g/mol. The van der Waals surface area contributed by atoms with Crippen LogP contribution in [0, 0.1) is 0 Å². The van der Waals surface area contributed by atoms with Gasteiger partial charge < -0.3 is 0 Å². The molecule has 0 spiro atoms. The molecule has 0 atom stereocenters. The van der Waals surface area contributed by atoms with Crippen LogP contribution in [0.1, 0.15) is 230 Å². The van der Waals surface area contributed by atoms with Crippen LogP contribution in [0.5, 0.6) is 0 Å². The minimum Gasteiger partial charge on any atom is -0.264 e. The Morgan fingerprint density at radius 1 is 0.333 bits per heavy atom. The molecule has 1 heterocycles. The Kier molecular flexibility index (Phi) is 30.8. The van der Waals surface area contributed by atoms with Gasteiger partial charge in [-0.3, -0.25) is 4.98 Å². The molecule has 0 fully saturated rings. The van der Waals surface area contributed by atoms with Crippen LogP contribution >= 0.6 is 0 Å². The molecule has 0 aliphatic heterocycles. The highest BCUT2D eigenvalue weighted by atomic mass is 14.6. The third-order valence-corrected chi connectivity index (χ3v) is 9.60. The molecule has 0 saturated carbocycles. The molecule has 1 aromatic rings. The van der Waals surface area contributed by atoms with E-state index in [4.69, 9.17) is 0 Å². The second kappa shape index (κ2) is 33.1. The molecule has 0 aromatic carbocycles. The predicted octanol–water partition coefficient (Wildman–Crippen LogP) is 14.7. The predicted molar refractivity (Wildman–Crippen MR) is 191 cm³/mol. The third kappa shape index (κ3) is 26.8. The highest BCUT2D eigenvalue weighted by Gasteiger charge is 2.03. The van der Waals surface area contributed by atoms with Gasteiger partial charge in [0.1, 0.15) is 0 Å². The smallest absolute Gasteiger partial charge is 0.0302 e. The zero-order valence-electron chi connectivity index (χ0n) is 29.2. The lowest BCUT2D eigenvalue weighted by molar-refractivity contribution is 0.528. The lowest BCUT2D eigenvalue weighted by Crippen LogP contribution is -1.96. The molecule has 0 N–H and O–H groups in total. The van der Waals surface area contributed by atoms with Crippen molar-refractivity contribution in [3.05, 3.63) is 29.6 Å². The molecule has 0 saturated heterocycles. The van der Waals surface area contributed by atoms with Crippen LogP contribution in [0.15, 0.2) is 18.5 Å². The summed E-state index contributed by atoms with van der Waals surface area (Å²) in [5.41, 5.74) is 3.11. The zero-order chi connectivity index (χ0) is 30.0. The molecule has 1 heteroatoms. The lowest BCUT2D eigenvalue weighted by Gasteiger charge is -2.09. The molecule has 0 aliphatic rings. The van der Waals surface area contributed by atoms with Gasteiger partial charge in [-0.15, -0.1) is 0 Å². The standard InChI is InChI=1S/C41H77N/c1-3-5-7-9-11-13-15-17-19-21-23-25-27-29-31-33-35-40-37-38-42-39-41(40)36-34-32-30-28-26-24-22-20-18-16-14-12-10-8-6-4-2/h37-39H,3-36H2,1-2H3. The molecule has 0 amide bonds. The van der Waals surface area contributed by atoms with Crippen molar-refractivity contribution in [2.24, 2.45) is 0 Å². The van der Waals surface area contributed by atoms with Crippen LogP contribution < -0.4 is 0 Å². The van der Waals surface area contributed by atoms with E-state index in [0.717, 1.165) is 0 Å². The maximum absolute atomic E-state index is 4.46. The van der Waals surface area contributed by atoms with E-state index in [1.807, 2.05) is 6.20 Å².